The van der Waals surface area contributed by atoms with E-state index in [0.29, 0.717) is 17.6 Å². The van der Waals surface area contributed by atoms with Gasteiger partial charge in [0, 0.05) is 12.0 Å². The minimum atomic E-state index is -0.681. The van der Waals surface area contributed by atoms with Crippen molar-refractivity contribution in [1.82, 2.24) is 0 Å². The van der Waals surface area contributed by atoms with Crippen LogP contribution in [0.3, 0.4) is 0 Å². The Hall–Kier alpha value is -2.34. The molecule has 1 amide bonds. The summed E-state index contributed by atoms with van der Waals surface area (Å²) in [7, 11) is 0. The van der Waals surface area contributed by atoms with E-state index in [1.807, 2.05) is 12.1 Å². The van der Waals surface area contributed by atoms with Gasteiger partial charge < -0.3 is 5.73 Å². The first kappa shape index (κ1) is 11.2. The molecular weight excluding hydrogens is 214 g/mol. The van der Waals surface area contributed by atoms with E-state index in [2.05, 4.69) is 11.8 Å². The maximum Gasteiger partial charge on any atom is 0.253 e. The summed E-state index contributed by atoms with van der Waals surface area (Å²) in [5, 5.41) is 0. The molecule has 1 aliphatic carbocycles. The third-order valence-corrected chi connectivity index (χ3v) is 2.71. The number of benzene rings is 1. The summed E-state index contributed by atoms with van der Waals surface area (Å²) in [6.07, 6.45) is 0.373. The molecular formula is C14H11NO2. The van der Waals surface area contributed by atoms with Gasteiger partial charge in [0.25, 0.3) is 5.91 Å². The van der Waals surface area contributed by atoms with Crippen LogP contribution in [0.5, 0.6) is 0 Å². The lowest BCUT2D eigenvalue weighted by molar-refractivity contribution is -0.114. The van der Waals surface area contributed by atoms with E-state index in [9.17, 15) is 9.59 Å². The molecule has 1 aromatic rings. The predicted octanol–water partition coefficient (Wildman–Crippen LogP) is 1.54. The number of Topliss-reactive ketones (excluding diaryl/α,β-unsaturated/α-hetero) is 1. The van der Waals surface area contributed by atoms with Gasteiger partial charge in [0.05, 0.1) is 5.57 Å². The number of carbonyl (C=O) groups is 2. The van der Waals surface area contributed by atoms with Gasteiger partial charge in [0.1, 0.15) is 0 Å². The van der Waals surface area contributed by atoms with Gasteiger partial charge in [-0.25, -0.2) is 0 Å². The smallest absolute Gasteiger partial charge is 0.253 e. The van der Waals surface area contributed by atoms with Crippen molar-refractivity contribution in [1.29, 1.82) is 0 Å². The number of fused-ring (bicyclic) bond motifs is 1. The first-order valence-corrected chi connectivity index (χ1v) is 5.23. The number of primary amides is 1. The van der Waals surface area contributed by atoms with Crippen LogP contribution < -0.4 is 5.73 Å². The summed E-state index contributed by atoms with van der Waals surface area (Å²) in [6.45, 7) is 1.72. The first-order chi connectivity index (χ1) is 8.16. The molecule has 2 N–H and O–H groups in total. The van der Waals surface area contributed by atoms with E-state index in [4.69, 9.17) is 5.73 Å². The SMILES string of the molecule is CC#CCC1=C(C(N)=O)C(=O)c2ccccc21. The van der Waals surface area contributed by atoms with E-state index in [-0.39, 0.29) is 11.4 Å². The fourth-order valence-electron chi connectivity index (χ4n) is 1.97. The lowest BCUT2D eigenvalue weighted by Crippen LogP contribution is -2.19. The van der Waals surface area contributed by atoms with Crippen molar-refractivity contribution in [3.8, 4) is 11.8 Å². The minimum absolute atomic E-state index is 0.0777. The molecule has 3 heteroatoms. The van der Waals surface area contributed by atoms with Crippen LogP contribution in [0.1, 0.15) is 29.3 Å². The lowest BCUT2D eigenvalue weighted by Gasteiger charge is -2.00. The molecule has 0 fully saturated rings. The highest BCUT2D eigenvalue weighted by molar-refractivity contribution is 6.34. The highest BCUT2D eigenvalue weighted by atomic mass is 16.2. The summed E-state index contributed by atoms with van der Waals surface area (Å²) in [4.78, 5) is 23.4. The molecule has 0 radical (unpaired) electrons. The molecule has 17 heavy (non-hydrogen) atoms. The van der Waals surface area contributed by atoms with Crippen molar-refractivity contribution < 1.29 is 9.59 Å². The van der Waals surface area contributed by atoms with Gasteiger partial charge in [-0.3, -0.25) is 9.59 Å². The van der Waals surface area contributed by atoms with Gasteiger partial charge in [-0.05, 0) is 18.1 Å². The quantitative estimate of drug-likeness (QED) is 0.613. The van der Waals surface area contributed by atoms with Crippen molar-refractivity contribution in [3.05, 3.63) is 41.0 Å². The average molecular weight is 225 g/mol. The number of ketones is 1. The molecule has 0 atom stereocenters. The first-order valence-electron chi connectivity index (χ1n) is 5.23. The van der Waals surface area contributed by atoms with Crippen LogP contribution in [-0.4, -0.2) is 11.7 Å². The molecule has 1 aliphatic rings. The van der Waals surface area contributed by atoms with Crippen LogP contribution in [0, 0.1) is 11.8 Å². The maximum atomic E-state index is 12.0. The Balaban J connectivity index is 2.62. The largest absolute Gasteiger partial charge is 0.365 e. The van der Waals surface area contributed by atoms with Crippen molar-refractivity contribution in [2.75, 3.05) is 0 Å². The maximum absolute atomic E-state index is 12.0. The second-order valence-electron chi connectivity index (χ2n) is 3.70. The number of nitrogens with two attached hydrogens (primary N) is 1. The number of rotatable bonds is 2. The Morgan fingerprint density at radius 3 is 2.53 bits per heavy atom. The van der Waals surface area contributed by atoms with E-state index in [0.717, 1.165) is 5.56 Å². The molecule has 0 aliphatic heterocycles. The molecule has 3 nitrogen and oxygen atoms in total. The second kappa shape index (κ2) is 4.26. The zero-order chi connectivity index (χ0) is 12.4. The summed E-state index contributed by atoms with van der Waals surface area (Å²) < 4.78 is 0. The van der Waals surface area contributed by atoms with E-state index in [1.165, 1.54) is 0 Å². The molecule has 0 saturated heterocycles. The van der Waals surface area contributed by atoms with Gasteiger partial charge in [0.15, 0.2) is 5.78 Å². The number of hydrogen-bond acceptors (Lipinski definition) is 2. The van der Waals surface area contributed by atoms with E-state index in [1.54, 1.807) is 19.1 Å². The molecule has 0 bridgehead atoms. The van der Waals surface area contributed by atoms with Crippen LogP contribution in [0.4, 0.5) is 0 Å². The number of carbonyl (C=O) groups excluding carboxylic acids is 2. The number of amides is 1. The highest BCUT2D eigenvalue weighted by Crippen LogP contribution is 2.34. The Morgan fingerprint density at radius 1 is 1.29 bits per heavy atom. The Morgan fingerprint density at radius 2 is 1.94 bits per heavy atom. The zero-order valence-electron chi connectivity index (χ0n) is 9.41. The fraction of sp³-hybridized carbons (Fsp3) is 0.143. The molecule has 84 valence electrons. The standard InChI is InChI=1S/C14H11NO2/c1-2-3-6-10-9-7-4-5-8-11(9)13(16)12(10)14(15)17/h4-5,7-8H,6H2,1H3,(H2,15,17). The topological polar surface area (TPSA) is 60.2 Å². The van der Waals surface area contributed by atoms with Crippen molar-refractivity contribution >= 4 is 17.3 Å². The minimum Gasteiger partial charge on any atom is -0.365 e. The Kier molecular flexibility index (Phi) is 2.80. The van der Waals surface area contributed by atoms with Crippen LogP contribution in [-0.2, 0) is 4.79 Å². The second-order valence-corrected chi connectivity index (χ2v) is 3.70. The van der Waals surface area contributed by atoms with Gasteiger partial charge >= 0.3 is 0 Å². The average Bonchev–Trinajstić information content (AvgIpc) is 2.60. The summed E-state index contributed by atoms with van der Waals surface area (Å²) >= 11 is 0. The van der Waals surface area contributed by atoms with E-state index < -0.39 is 5.91 Å². The lowest BCUT2D eigenvalue weighted by atomic mass is 10.0. The van der Waals surface area contributed by atoms with Crippen LogP contribution in [0.15, 0.2) is 29.8 Å². The normalized spacial score (nSPS) is 13.1. The number of allylic oxidation sites excluding steroid dienone is 1. The molecule has 0 heterocycles. The van der Waals surface area contributed by atoms with Crippen LogP contribution in [0.2, 0.25) is 0 Å². The third-order valence-electron chi connectivity index (χ3n) is 2.71. The Labute approximate surface area is 99.3 Å². The Bertz CT molecular complexity index is 600. The zero-order valence-corrected chi connectivity index (χ0v) is 9.41. The molecule has 1 aromatic carbocycles. The summed E-state index contributed by atoms with van der Waals surface area (Å²) in [6, 6.07) is 7.11. The summed E-state index contributed by atoms with van der Waals surface area (Å²) in [5.41, 5.74) is 7.30. The molecule has 0 aromatic heterocycles. The molecule has 0 unspecified atom stereocenters. The third kappa shape index (κ3) is 1.74. The molecule has 0 spiro atoms. The molecule has 0 saturated carbocycles. The van der Waals surface area contributed by atoms with Crippen LogP contribution in [0.25, 0.3) is 5.57 Å². The van der Waals surface area contributed by atoms with Gasteiger partial charge in [-0.1, -0.05) is 30.2 Å². The summed E-state index contributed by atoms with van der Waals surface area (Å²) in [5.74, 6) is 4.65. The predicted molar refractivity (Wildman–Crippen MR) is 65.0 cm³/mol. The molecule has 2 rings (SSSR count). The monoisotopic (exact) mass is 225 g/mol. The van der Waals surface area contributed by atoms with Gasteiger partial charge in [-0.2, -0.15) is 0 Å². The van der Waals surface area contributed by atoms with Crippen molar-refractivity contribution in [2.24, 2.45) is 5.73 Å². The van der Waals surface area contributed by atoms with Gasteiger partial charge in [0.2, 0.25) is 0 Å². The van der Waals surface area contributed by atoms with Crippen molar-refractivity contribution in [2.45, 2.75) is 13.3 Å². The van der Waals surface area contributed by atoms with Gasteiger partial charge in [-0.15, -0.1) is 5.92 Å². The number of hydrogen-bond donors (Lipinski definition) is 1. The highest BCUT2D eigenvalue weighted by Gasteiger charge is 2.31. The van der Waals surface area contributed by atoms with E-state index >= 15 is 0 Å². The van der Waals surface area contributed by atoms with Crippen LogP contribution >= 0.6 is 0 Å². The fourth-order valence-corrected chi connectivity index (χ4v) is 1.97. The van der Waals surface area contributed by atoms with Crippen molar-refractivity contribution in [3.63, 3.8) is 0 Å².